The molecule has 1 aromatic carbocycles. The average Bonchev–Trinajstić information content (AvgIpc) is 3.03. The lowest BCUT2D eigenvalue weighted by Gasteiger charge is -2.27. The van der Waals surface area contributed by atoms with Crippen molar-refractivity contribution in [3.05, 3.63) is 35.4 Å². The molecule has 2 rings (SSSR count). The van der Waals surface area contributed by atoms with Gasteiger partial charge < -0.3 is 15.2 Å². The van der Waals surface area contributed by atoms with Crippen LogP contribution in [-0.2, 0) is 16.0 Å². The fourth-order valence-electron chi connectivity index (χ4n) is 3.26. The zero-order valence-electron chi connectivity index (χ0n) is 13.6. The summed E-state index contributed by atoms with van der Waals surface area (Å²) in [6.07, 6.45) is 5.57. The number of methoxy groups -OCH3 is 1. The first-order chi connectivity index (χ1) is 11.1. The Bertz CT molecular complexity index is 532. The zero-order chi connectivity index (χ0) is 16.7. The van der Waals surface area contributed by atoms with Gasteiger partial charge in [0.15, 0.2) is 0 Å². The Hall–Kier alpha value is -1.88. The van der Waals surface area contributed by atoms with Crippen LogP contribution in [0.15, 0.2) is 24.3 Å². The molecule has 1 fully saturated rings. The summed E-state index contributed by atoms with van der Waals surface area (Å²) in [5.74, 6) is -0.791. The van der Waals surface area contributed by atoms with Crippen LogP contribution >= 0.6 is 0 Å². The lowest BCUT2D eigenvalue weighted by atomic mass is 9.82. The fraction of sp³-hybridized carbons (Fsp3) is 0.556. The van der Waals surface area contributed by atoms with E-state index in [2.05, 4.69) is 5.32 Å². The molecule has 2 N–H and O–H groups in total. The first-order valence-corrected chi connectivity index (χ1v) is 8.17. The van der Waals surface area contributed by atoms with Gasteiger partial charge in [0.2, 0.25) is 5.91 Å². The Morgan fingerprint density at radius 2 is 1.87 bits per heavy atom. The van der Waals surface area contributed by atoms with Crippen LogP contribution in [0.3, 0.4) is 0 Å². The molecule has 0 heterocycles. The summed E-state index contributed by atoms with van der Waals surface area (Å²) in [7, 11) is 1.67. The smallest absolute Gasteiger partial charge is 0.335 e. The Kier molecular flexibility index (Phi) is 6.16. The molecule has 1 amide bonds. The van der Waals surface area contributed by atoms with E-state index in [1.165, 1.54) is 0 Å². The predicted octanol–water partition coefficient (Wildman–Crippen LogP) is 2.64. The number of carboxylic acids is 1. The predicted molar refractivity (Wildman–Crippen MR) is 87.5 cm³/mol. The maximum Gasteiger partial charge on any atom is 0.335 e. The first kappa shape index (κ1) is 17.5. The van der Waals surface area contributed by atoms with Gasteiger partial charge in [0.1, 0.15) is 0 Å². The third kappa shape index (κ3) is 4.55. The van der Waals surface area contributed by atoms with Crippen molar-refractivity contribution in [1.82, 2.24) is 5.32 Å². The van der Waals surface area contributed by atoms with E-state index in [0.717, 1.165) is 37.7 Å². The topological polar surface area (TPSA) is 75.6 Å². The number of carboxylic acid groups (broad SMARTS) is 1. The minimum absolute atomic E-state index is 0.134. The third-order valence-electron chi connectivity index (χ3n) is 4.73. The van der Waals surface area contributed by atoms with Crippen LogP contribution in [0, 0.1) is 5.41 Å². The van der Waals surface area contributed by atoms with Crippen LogP contribution in [0.4, 0.5) is 0 Å². The molecule has 1 aliphatic carbocycles. The minimum atomic E-state index is -0.925. The normalized spacial score (nSPS) is 16.2. The van der Waals surface area contributed by atoms with Gasteiger partial charge in [0.05, 0.1) is 11.0 Å². The molecule has 0 unspecified atom stereocenters. The highest BCUT2D eigenvalue weighted by molar-refractivity contribution is 5.87. The largest absolute Gasteiger partial charge is 0.478 e. The van der Waals surface area contributed by atoms with Gasteiger partial charge in [0.25, 0.3) is 0 Å². The number of nitrogens with one attached hydrogen (secondary N) is 1. The number of hydrogen-bond donors (Lipinski definition) is 2. The van der Waals surface area contributed by atoms with Crippen molar-refractivity contribution in [3.63, 3.8) is 0 Å². The summed E-state index contributed by atoms with van der Waals surface area (Å²) >= 11 is 0. The first-order valence-electron chi connectivity index (χ1n) is 8.17. The van der Waals surface area contributed by atoms with Crippen LogP contribution in [0.5, 0.6) is 0 Å². The van der Waals surface area contributed by atoms with Gasteiger partial charge in [-0.15, -0.1) is 0 Å². The summed E-state index contributed by atoms with van der Waals surface area (Å²) in [6, 6.07) is 6.78. The second-order valence-electron chi connectivity index (χ2n) is 6.24. The number of amides is 1. The van der Waals surface area contributed by atoms with Gasteiger partial charge in [-0.2, -0.15) is 0 Å². The number of carbonyl (C=O) groups is 2. The summed E-state index contributed by atoms with van der Waals surface area (Å²) in [5.41, 5.74) is 1.04. The molecule has 1 aliphatic rings. The Labute approximate surface area is 137 Å². The molecule has 1 aromatic rings. The van der Waals surface area contributed by atoms with Gasteiger partial charge >= 0.3 is 5.97 Å². The molecule has 5 nitrogen and oxygen atoms in total. The summed E-state index contributed by atoms with van der Waals surface area (Å²) in [4.78, 5) is 23.4. The molecular formula is C18H25NO4. The number of ether oxygens (including phenoxy) is 1. The molecule has 23 heavy (non-hydrogen) atoms. The van der Waals surface area contributed by atoms with Gasteiger partial charge in [-0.1, -0.05) is 25.0 Å². The van der Waals surface area contributed by atoms with Crippen molar-refractivity contribution in [2.45, 2.75) is 38.5 Å². The zero-order valence-corrected chi connectivity index (χ0v) is 13.6. The Morgan fingerprint density at radius 3 is 2.43 bits per heavy atom. The van der Waals surface area contributed by atoms with Crippen LogP contribution in [0.1, 0.15) is 48.0 Å². The van der Waals surface area contributed by atoms with Crippen molar-refractivity contribution < 1.29 is 19.4 Å². The summed E-state index contributed by atoms with van der Waals surface area (Å²) in [5, 5.41) is 11.9. The fourth-order valence-corrected chi connectivity index (χ4v) is 3.26. The molecule has 126 valence electrons. The van der Waals surface area contributed by atoms with E-state index < -0.39 is 5.97 Å². The number of rotatable bonds is 8. The van der Waals surface area contributed by atoms with Crippen LogP contribution in [-0.4, -0.2) is 37.2 Å². The summed E-state index contributed by atoms with van der Waals surface area (Å²) < 4.78 is 5.16. The highest BCUT2D eigenvalue weighted by atomic mass is 16.5. The summed E-state index contributed by atoms with van der Waals surface area (Å²) in [6.45, 7) is 1.18. The second-order valence-corrected chi connectivity index (χ2v) is 6.24. The lowest BCUT2D eigenvalue weighted by molar-refractivity contribution is -0.131. The van der Waals surface area contributed by atoms with E-state index in [0.29, 0.717) is 19.6 Å². The SMILES string of the molecule is COCCC1(C(=O)NCCc2ccc(C(=O)O)cc2)CCCC1. The molecule has 0 bridgehead atoms. The van der Waals surface area contributed by atoms with E-state index in [-0.39, 0.29) is 16.9 Å². The van der Waals surface area contributed by atoms with E-state index in [1.54, 1.807) is 31.4 Å². The highest BCUT2D eigenvalue weighted by Crippen LogP contribution is 2.41. The second kappa shape index (κ2) is 8.11. The number of carbonyl (C=O) groups excluding carboxylic acids is 1. The number of benzene rings is 1. The maximum absolute atomic E-state index is 12.6. The van der Waals surface area contributed by atoms with Crippen molar-refractivity contribution in [3.8, 4) is 0 Å². The minimum Gasteiger partial charge on any atom is -0.478 e. The van der Waals surface area contributed by atoms with Crippen molar-refractivity contribution in [2.75, 3.05) is 20.3 Å². The van der Waals surface area contributed by atoms with Gasteiger partial charge in [-0.05, 0) is 43.4 Å². The highest BCUT2D eigenvalue weighted by Gasteiger charge is 2.40. The molecule has 1 saturated carbocycles. The van der Waals surface area contributed by atoms with Crippen molar-refractivity contribution in [2.24, 2.45) is 5.41 Å². The maximum atomic E-state index is 12.6. The molecule has 0 radical (unpaired) electrons. The standard InChI is InChI=1S/C18H25NO4/c1-23-13-11-18(9-2-3-10-18)17(22)19-12-8-14-4-6-15(7-5-14)16(20)21/h4-7H,2-3,8-13H2,1H3,(H,19,22)(H,20,21). The Balaban J connectivity index is 1.84. The van der Waals surface area contributed by atoms with Gasteiger partial charge in [-0.25, -0.2) is 4.79 Å². The van der Waals surface area contributed by atoms with Crippen LogP contribution in [0.2, 0.25) is 0 Å². The van der Waals surface area contributed by atoms with Crippen molar-refractivity contribution in [1.29, 1.82) is 0 Å². The number of hydrogen-bond acceptors (Lipinski definition) is 3. The van der Waals surface area contributed by atoms with Crippen LogP contribution in [0.25, 0.3) is 0 Å². The van der Waals surface area contributed by atoms with Crippen molar-refractivity contribution >= 4 is 11.9 Å². The quantitative estimate of drug-likeness (QED) is 0.772. The molecular weight excluding hydrogens is 294 g/mol. The monoisotopic (exact) mass is 319 g/mol. The van der Waals surface area contributed by atoms with E-state index >= 15 is 0 Å². The molecule has 5 heteroatoms. The molecule has 0 spiro atoms. The van der Waals surface area contributed by atoms with Gasteiger partial charge in [-0.3, -0.25) is 4.79 Å². The molecule has 0 aromatic heterocycles. The van der Waals surface area contributed by atoms with Crippen LogP contribution < -0.4 is 5.32 Å². The molecule has 0 atom stereocenters. The van der Waals surface area contributed by atoms with E-state index in [1.807, 2.05) is 0 Å². The number of aromatic carboxylic acids is 1. The average molecular weight is 319 g/mol. The third-order valence-corrected chi connectivity index (χ3v) is 4.73. The van der Waals surface area contributed by atoms with E-state index in [4.69, 9.17) is 9.84 Å². The lowest BCUT2D eigenvalue weighted by Crippen LogP contribution is -2.40. The molecule has 0 saturated heterocycles. The van der Waals surface area contributed by atoms with E-state index in [9.17, 15) is 9.59 Å². The molecule has 0 aliphatic heterocycles. The van der Waals surface area contributed by atoms with Gasteiger partial charge in [0, 0.05) is 20.3 Å². The Morgan fingerprint density at radius 1 is 1.22 bits per heavy atom.